The number of methoxy groups -OCH3 is 1. The molecule has 146 valence electrons. The number of anilines is 1. The van der Waals surface area contributed by atoms with Crippen LogP contribution in [-0.4, -0.2) is 37.5 Å². The van der Waals surface area contributed by atoms with Crippen LogP contribution in [0, 0.1) is 0 Å². The molecule has 0 saturated heterocycles. The van der Waals surface area contributed by atoms with Crippen molar-refractivity contribution in [2.45, 2.75) is 32.3 Å². The highest BCUT2D eigenvalue weighted by molar-refractivity contribution is 5.89. The predicted octanol–water partition coefficient (Wildman–Crippen LogP) is 3.55. The molecule has 6 heteroatoms. The van der Waals surface area contributed by atoms with Crippen LogP contribution in [-0.2, 0) is 5.41 Å². The minimum atomic E-state index is -0.818. The first kappa shape index (κ1) is 20.6. The molecule has 0 fully saturated rings. The van der Waals surface area contributed by atoms with Crippen molar-refractivity contribution in [3.8, 4) is 11.5 Å². The average molecular weight is 372 g/mol. The van der Waals surface area contributed by atoms with E-state index in [1.807, 2.05) is 24.3 Å². The molecule has 2 amide bonds. The van der Waals surface area contributed by atoms with E-state index in [1.165, 1.54) is 5.56 Å². The van der Waals surface area contributed by atoms with Crippen LogP contribution in [0.3, 0.4) is 0 Å². The van der Waals surface area contributed by atoms with E-state index < -0.39 is 6.10 Å². The summed E-state index contributed by atoms with van der Waals surface area (Å²) in [5, 5.41) is 15.3. The van der Waals surface area contributed by atoms with E-state index in [2.05, 4.69) is 31.4 Å². The second kappa shape index (κ2) is 9.28. The van der Waals surface area contributed by atoms with E-state index in [9.17, 15) is 9.90 Å². The van der Waals surface area contributed by atoms with Gasteiger partial charge in [0.15, 0.2) is 0 Å². The number of hydrogen-bond donors (Lipinski definition) is 3. The Kier molecular flexibility index (Phi) is 7.07. The summed E-state index contributed by atoms with van der Waals surface area (Å²) < 4.78 is 10.6. The summed E-state index contributed by atoms with van der Waals surface area (Å²) in [7, 11) is 1.59. The van der Waals surface area contributed by atoms with Crippen molar-refractivity contribution < 1.29 is 19.4 Å². The number of carbonyl (C=O) groups excluding carboxylic acids is 1. The topological polar surface area (TPSA) is 79.8 Å². The lowest BCUT2D eigenvalue weighted by Crippen LogP contribution is -2.37. The number of carbonyl (C=O) groups is 1. The van der Waals surface area contributed by atoms with Gasteiger partial charge in [-0.3, -0.25) is 0 Å². The van der Waals surface area contributed by atoms with Crippen LogP contribution in [0.2, 0.25) is 0 Å². The minimum Gasteiger partial charge on any atom is -0.497 e. The van der Waals surface area contributed by atoms with E-state index in [-0.39, 0.29) is 24.6 Å². The standard InChI is InChI=1S/C21H28N2O4/c1-21(2,3)15-5-7-16(8-6-15)23-20(25)22-13-17(24)14-27-19-11-9-18(26-4)10-12-19/h5-12,17,24H,13-14H2,1-4H3,(H2,22,23,25)/t17-/m1/s1. The largest absolute Gasteiger partial charge is 0.497 e. The van der Waals surface area contributed by atoms with Gasteiger partial charge in [-0.05, 0) is 47.4 Å². The third-order valence-corrected chi connectivity index (χ3v) is 4.01. The fourth-order valence-corrected chi connectivity index (χ4v) is 2.36. The number of amides is 2. The highest BCUT2D eigenvalue weighted by atomic mass is 16.5. The summed E-state index contributed by atoms with van der Waals surface area (Å²) in [5.74, 6) is 1.36. The molecule has 2 aromatic rings. The predicted molar refractivity (Wildman–Crippen MR) is 107 cm³/mol. The van der Waals surface area contributed by atoms with Gasteiger partial charge in [0.05, 0.1) is 7.11 Å². The number of urea groups is 1. The van der Waals surface area contributed by atoms with Gasteiger partial charge in [0.1, 0.15) is 24.2 Å². The maximum Gasteiger partial charge on any atom is 0.319 e. The number of benzene rings is 2. The smallest absolute Gasteiger partial charge is 0.319 e. The molecule has 0 spiro atoms. The van der Waals surface area contributed by atoms with Crippen LogP contribution in [0.5, 0.6) is 11.5 Å². The van der Waals surface area contributed by atoms with Crippen molar-refractivity contribution in [2.75, 3.05) is 25.6 Å². The molecular weight excluding hydrogens is 344 g/mol. The third kappa shape index (κ3) is 6.83. The summed E-state index contributed by atoms with van der Waals surface area (Å²) in [6.45, 7) is 6.57. The lowest BCUT2D eigenvalue weighted by Gasteiger charge is -2.19. The Bertz CT molecular complexity index is 721. The first-order valence-corrected chi connectivity index (χ1v) is 8.88. The molecule has 3 N–H and O–H groups in total. The van der Waals surface area contributed by atoms with Gasteiger partial charge in [0.25, 0.3) is 0 Å². The Hall–Kier alpha value is -2.73. The van der Waals surface area contributed by atoms with Gasteiger partial charge in [0, 0.05) is 12.2 Å². The van der Waals surface area contributed by atoms with E-state index >= 15 is 0 Å². The first-order chi connectivity index (χ1) is 12.8. The molecule has 0 aliphatic heterocycles. The Balaban J connectivity index is 1.72. The van der Waals surface area contributed by atoms with E-state index in [1.54, 1.807) is 31.4 Å². The zero-order chi connectivity index (χ0) is 19.9. The van der Waals surface area contributed by atoms with Crippen molar-refractivity contribution in [1.29, 1.82) is 0 Å². The van der Waals surface area contributed by atoms with Crippen LogP contribution in [0.1, 0.15) is 26.3 Å². The summed E-state index contributed by atoms with van der Waals surface area (Å²) in [6, 6.07) is 14.4. The molecule has 0 radical (unpaired) electrons. The fraction of sp³-hybridized carbons (Fsp3) is 0.381. The van der Waals surface area contributed by atoms with Gasteiger partial charge < -0.3 is 25.2 Å². The first-order valence-electron chi connectivity index (χ1n) is 8.88. The molecule has 0 aliphatic rings. The monoisotopic (exact) mass is 372 g/mol. The number of hydrogen-bond acceptors (Lipinski definition) is 4. The Labute approximate surface area is 160 Å². The SMILES string of the molecule is COc1ccc(OC[C@H](O)CNC(=O)Nc2ccc(C(C)(C)C)cc2)cc1. The molecular formula is C21H28N2O4. The van der Waals surface area contributed by atoms with Crippen LogP contribution < -0.4 is 20.1 Å². The minimum absolute atomic E-state index is 0.0643. The fourth-order valence-electron chi connectivity index (χ4n) is 2.36. The van der Waals surface area contributed by atoms with Crippen molar-refractivity contribution in [2.24, 2.45) is 0 Å². The maximum absolute atomic E-state index is 12.0. The zero-order valence-corrected chi connectivity index (χ0v) is 16.3. The summed E-state index contributed by atoms with van der Waals surface area (Å²) in [5.41, 5.74) is 1.96. The Morgan fingerprint density at radius 2 is 1.63 bits per heavy atom. The van der Waals surface area contributed by atoms with Gasteiger partial charge in [-0.25, -0.2) is 4.79 Å². The third-order valence-electron chi connectivity index (χ3n) is 4.01. The molecule has 2 aromatic carbocycles. The second-order valence-electron chi connectivity index (χ2n) is 7.30. The number of nitrogens with one attached hydrogen (secondary N) is 2. The van der Waals surface area contributed by atoms with Crippen LogP contribution in [0.15, 0.2) is 48.5 Å². The van der Waals surface area contributed by atoms with Gasteiger partial charge in [0.2, 0.25) is 0 Å². The highest BCUT2D eigenvalue weighted by Crippen LogP contribution is 2.23. The molecule has 0 aliphatic carbocycles. The summed E-state index contributed by atoms with van der Waals surface area (Å²) >= 11 is 0. The van der Waals surface area contributed by atoms with E-state index in [0.717, 1.165) is 5.75 Å². The number of aliphatic hydroxyl groups is 1. The quantitative estimate of drug-likeness (QED) is 0.694. The van der Waals surface area contributed by atoms with Crippen molar-refractivity contribution in [1.82, 2.24) is 5.32 Å². The summed E-state index contributed by atoms with van der Waals surface area (Å²) in [6.07, 6.45) is -0.818. The second-order valence-corrected chi connectivity index (χ2v) is 7.30. The van der Waals surface area contributed by atoms with Gasteiger partial charge in [-0.15, -0.1) is 0 Å². The van der Waals surface area contributed by atoms with Crippen molar-refractivity contribution >= 4 is 11.7 Å². The molecule has 0 bridgehead atoms. The van der Waals surface area contributed by atoms with E-state index in [0.29, 0.717) is 11.4 Å². The van der Waals surface area contributed by atoms with Gasteiger partial charge >= 0.3 is 6.03 Å². The molecule has 0 heterocycles. The van der Waals surface area contributed by atoms with Crippen molar-refractivity contribution in [3.05, 3.63) is 54.1 Å². The van der Waals surface area contributed by atoms with Crippen molar-refractivity contribution in [3.63, 3.8) is 0 Å². The maximum atomic E-state index is 12.0. The normalized spacial score (nSPS) is 12.2. The highest BCUT2D eigenvalue weighted by Gasteiger charge is 2.13. The molecule has 0 aromatic heterocycles. The zero-order valence-electron chi connectivity index (χ0n) is 16.3. The number of ether oxygens (including phenoxy) is 2. The molecule has 1 atom stereocenters. The lowest BCUT2D eigenvalue weighted by molar-refractivity contribution is 0.108. The number of aliphatic hydroxyl groups excluding tert-OH is 1. The lowest BCUT2D eigenvalue weighted by atomic mass is 9.87. The van der Waals surface area contributed by atoms with Crippen LogP contribution in [0.25, 0.3) is 0 Å². The Morgan fingerprint density at radius 3 is 2.19 bits per heavy atom. The molecule has 0 unspecified atom stereocenters. The van der Waals surface area contributed by atoms with Crippen LogP contribution in [0.4, 0.5) is 10.5 Å². The molecule has 6 nitrogen and oxygen atoms in total. The molecule has 2 rings (SSSR count). The molecule has 0 saturated carbocycles. The average Bonchev–Trinajstić information content (AvgIpc) is 2.65. The van der Waals surface area contributed by atoms with Gasteiger partial charge in [-0.2, -0.15) is 0 Å². The Morgan fingerprint density at radius 1 is 1.04 bits per heavy atom. The number of rotatable bonds is 7. The van der Waals surface area contributed by atoms with Crippen LogP contribution >= 0.6 is 0 Å². The summed E-state index contributed by atoms with van der Waals surface area (Å²) in [4.78, 5) is 12.0. The van der Waals surface area contributed by atoms with Gasteiger partial charge in [-0.1, -0.05) is 32.9 Å². The van der Waals surface area contributed by atoms with E-state index in [4.69, 9.17) is 9.47 Å². The molecule has 27 heavy (non-hydrogen) atoms.